The SMILES string of the molecule is COC(C)CC1=C(C)CNC(=S)N1N. The molecule has 1 heterocycles. The van der Waals surface area contributed by atoms with Gasteiger partial charge in [0.2, 0.25) is 0 Å². The highest BCUT2D eigenvalue weighted by Crippen LogP contribution is 2.17. The molecule has 1 rings (SSSR count). The molecule has 3 N–H and O–H groups in total. The number of nitrogens with one attached hydrogen (secondary N) is 1. The third kappa shape index (κ3) is 2.43. The van der Waals surface area contributed by atoms with Gasteiger partial charge in [0.05, 0.1) is 6.10 Å². The third-order valence-corrected chi connectivity index (χ3v) is 2.73. The van der Waals surface area contributed by atoms with Crippen LogP contribution in [0.15, 0.2) is 11.3 Å². The van der Waals surface area contributed by atoms with Gasteiger partial charge >= 0.3 is 0 Å². The lowest BCUT2D eigenvalue weighted by Crippen LogP contribution is -2.49. The number of nitrogens with two attached hydrogens (primary N) is 1. The second kappa shape index (κ2) is 4.72. The van der Waals surface area contributed by atoms with Crippen molar-refractivity contribution in [2.24, 2.45) is 5.84 Å². The minimum atomic E-state index is 0.159. The van der Waals surface area contributed by atoms with Gasteiger partial charge in [0.15, 0.2) is 5.11 Å². The molecule has 4 nitrogen and oxygen atoms in total. The molecule has 0 spiro atoms. The van der Waals surface area contributed by atoms with Crippen molar-refractivity contribution in [2.75, 3.05) is 13.7 Å². The molecule has 0 fully saturated rings. The van der Waals surface area contributed by atoms with Gasteiger partial charge in [-0.25, -0.2) is 5.84 Å². The van der Waals surface area contributed by atoms with E-state index in [9.17, 15) is 0 Å². The summed E-state index contributed by atoms with van der Waals surface area (Å²) in [5, 5.41) is 5.15. The van der Waals surface area contributed by atoms with Crippen LogP contribution in [0.5, 0.6) is 0 Å². The van der Waals surface area contributed by atoms with Crippen molar-refractivity contribution in [1.82, 2.24) is 10.3 Å². The van der Waals surface area contributed by atoms with Crippen LogP contribution in [0.25, 0.3) is 0 Å². The Bertz CT molecular complexity index is 265. The van der Waals surface area contributed by atoms with Gasteiger partial charge in [-0.2, -0.15) is 0 Å². The number of rotatable bonds is 3. The average Bonchev–Trinajstić information content (AvgIpc) is 2.18. The Morgan fingerprint density at radius 2 is 2.36 bits per heavy atom. The van der Waals surface area contributed by atoms with Gasteiger partial charge in [0, 0.05) is 25.8 Å². The molecule has 0 aromatic rings. The predicted octanol–water partition coefficient (Wildman–Crippen LogP) is 0.749. The molecule has 1 aliphatic rings. The average molecular weight is 215 g/mol. The van der Waals surface area contributed by atoms with E-state index >= 15 is 0 Å². The first-order valence-electron chi connectivity index (χ1n) is 4.60. The van der Waals surface area contributed by atoms with Gasteiger partial charge in [-0.15, -0.1) is 0 Å². The number of ether oxygens (including phenoxy) is 1. The molecule has 5 heteroatoms. The van der Waals surface area contributed by atoms with Crippen molar-refractivity contribution in [1.29, 1.82) is 0 Å². The molecule has 0 saturated heterocycles. The third-order valence-electron chi connectivity index (χ3n) is 2.39. The van der Waals surface area contributed by atoms with Crippen molar-refractivity contribution in [3.8, 4) is 0 Å². The van der Waals surface area contributed by atoms with E-state index in [2.05, 4.69) is 5.32 Å². The summed E-state index contributed by atoms with van der Waals surface area (Å²) in [7, 11) is 1.70. The van der Waals surface area contributed by atoms with Crippen molar-refractivity contribution >= 4 is 17.3 Å². The largest absolute Gasteiger partial charge is 0.381 e. The van der Waals surface area contributed by atoms with Crippen LogP contribution in [0.2, 0.25) is 0 Å². The molecule has 80 valence electrons. The topological polar surface area (TPSA) is 50.5 Å². The fourth-order valence-electron chi connectivity index (χ4n) is 1.35. The van der Waals surface area contributed by atoms with Gasteiger partial charge < -0.3 is 10.1 Å². The van der Waals surface area contributed by atoms with Gasteiger partial charge in [0.25, 0.3) is 0 Å². The Morgan fingerprint density at radius 3 is 2.93 bits per heavy atom. The van der Waals surface area contributed by atoms with E-state index < -0.39 is 0 Å². The molecular weight excluding hydrogens is 198 g/mol. The van der Waals surface area contributed by atoms with Crippen LogP contribution in [0.4, 0.5) is 0 Å². The highest BCUT2D eigenvalue weighted by molar-refractivity contribution is 7.80. The van der Waals surface area contributed by atoms with E-state index in [0.717, 1.165) is 18.7 Å². The van der Waals surface area contributed by atoms with Gasteiger partial charge in [0.1, 0.15) is 0 Å². The Kier molecular flexibility index (Phi) is 3.86. The summed E-state index contributed by atoms with van der Waals surface area (Å²) in [6, 6.07) is 0. The highest BCUT2D eigenvalue weighted by Gasteiger charge is 2.20. The zero-order valence-electron chi connectivity index (χ0n) is 8.83. The fraction of sp³-hybridized carbons (Fsp3) is 0.667. The molecule has 0 aromatic heterocycles. The summed E-state index contributed by atoms with van der Waals surface area (Å²) in [4.78, 5) is 0. The molecule has 0 bridgehead atoms. The van der Waals surface area contributed by atoms with Crippen molar-refractivity contribution in [3.05, 3.63) is 11.3 Å². The van der Waals surface area contributed by atoms with Crippen LogP contribution in [0.1, 0.15) is 20.3 Å². The Labute approximate surface area is 90.1 Å². The number of nitrogens with zero attached hydrogens (tertiary/aromatic N) is 1. The second-order valence-corrected chi connectivity index (χ2v) is 3.89. The predicted molar refractivity (Wildman–Crippen MR) is 60.4 cm³/mol. The maximum absolute atomic E-state index is 5.83. The lowest BCUT2D eigenvalue weighted by molar-refractivity contribution is 0.113. The lowest BCUT2D eigenvalue weighted by atomic mass is 10.1. The van der Waals surface area contributed by atoms with Crippen LogP contribution in [-0.2, 0) is 4.74 Å². The minimum absolute atomic E-state index is 0.159. The fourth-order valence-corrected chi connectivity index (χ4v) is 1.53. The Hall–Kier alpha value is -0.650. The van der Waals surface area contributed by atoms with Crippen molar-refractivity contribution in [2.45, 2.75) is 26.4 Å². The van der Waals surface area contributed by atoms with E-state index in [-0.39, 0.29) is 6.10 Å². The van der Waals surface area contributed by atoms with Crippen LogP contribution in [0, 0.1) is 0 Å². The summed E-state index contributed by atoms with van der Waals surface area (Å²) < 4.78 is 5.20. The van der Waals surface area contributed by atoms with Gasteiger partial charge in [-0.1, -0.05) is 0 Å². The van der Waals surface area contributed by atoms with E-state index in [1.54, 1.807) is 7.11 Å². The molecule has 0 radical (unpaired) electrons. The molecule has 0 aromatic carbocycles. The zero-order chi connectivity index (χ0) is 10.7. The molecule has 1 aliphatic heterocycles. The number of methoxy groups -OCH3 is 1. The number of hydrazine groups is 1. The summed E-state index contributed by atoms with van der Waals surface area (Å²) in [6.07, 6.45) is 0.951. The Morgan fingerprint density at radius 1 is 1.71 bits per heavy atom. The standard InChI is InChI=1S/C9H17N3OS/c1-6-5-11-9(14)12(10)8(6)4-7(2)13-3/h7H,4-5,10H2,1-3H3,(H,11,14). The number of hydrogen-bond acceptors (Lipinski definition) is 3. The summed E-state index contributed by atoms with van der Waals surface area (Å²) in [6.45, 7) is 4.84. The maximum Gasteiger partial charge on any atom is 0.188 e. The number of thiocarbonyl (C=S) groups is 1. The van der Waals surface area contributed by atoms with Crippen LogP contribution in [-0.4, -0.2) is 29.9 Å². The zero-order valence-corrected chi connectivity index (χ0v) is 9.65. The first-order chi connectivity index (χ1) is 6.56. The number of hydrogen-bond donors (Lipinski definition) is 2. The smallest absolute Gasteiger partial charge is 0.188 e. The molecule has 0 amide bonds. The molecule has 1 atom stereocenters. The lowest BCUT2D eigenvalue weighted by Gasteiger charge is -2.31. The van der Waals surface area contributed by atoms with Gasteiger partial charge in [-0.05, 0) is 31.6 Å². The van der Waals surface area contributed by atoms with E-state index in [1.165, 1.54) is 10.6 Å². The Balaban J connectivity index is 2.76. The van der Waals surface area contributed by atoms with E-state index in [4.69, 9.17) is 22.8 Å². The minimum Gasteiger partial charge on any atom is -0.381 e. The normalized spacial score (nSPS) is 19.7. The van der Waals surface area contributed by atoms with E-state index in [1.807, 2.05) is 13.8 Å². The van der Waals surface area contributed by atoms with Crippen molar-refractivity contribution in [3.63, 3.8) is 0 Å². The summed E-state index contributed by atoms with van der Waals surface area (Å²) >= 11 is 5.06. The maximum atomic E-state index is 5.83. The van der Waals surface area contributed by atoms with Crippen LogP contribution >= 0.6 is 12.2 Å². The second-order valence-electron chi connectivity index (χ2n) is 3.51. The van der Waals surface area contributed by atoms with Crippen molar-refractivity contribution < 1.29 is 4.74 Å². The molecule has 0 aliphatic carbocycles. The summed E-state index contributed by atoms with van der Waals surface area (Å²) in [5.41, 5.74) is 2.27. The molecule has 14 heavy (non-hydrogen) atoms. The van der Waals surface area contributed by atoms with E-state index in [0.29, 0.717) is 5.11 Å². The van der Waals surface area contributed by atoms with Crippen LogP contribution < -0.4 is 11.2 Å². The summed E-state index contributed by atoms with van der Waals surface area (Å²) in [5.74, 6) is 5.83. The quantitative estimate of drug-likeness (QED) is 0.537. The highest BCUT2D eigenvalue weighted by atomic mass is 32.1. The van der Waals surface area contributed by atoms with Gasteiger partial charge in [-0.3, -0.25) is 5.01 Å². The monoisotopic (exact) mass is 215 g/mol. The molecule has 1 unspecified atom stereocenters. The first-order valence-corrected chi connectivity index (χ1v) is 5.01. The molecule has 0 saturated carbocycles. The molecular formula is C9H17N3OS. The first kappa shape index (κ1) is 11.4. The van der Waals surface area contributed by atoms with Crippen LogP contribution in [0.3, 0.4) is 0 Å².